The fraction of sp³-hybridized carbons (Fsp3) is 0.556. The summed E-state index contributed by atoms with van der Waals surface area (Å²) in [5.41, 5.74) is 0.856. The van der Waals surface area contributed by atoms with Crippen molar-refractivity contribution in [3.05, 3.63) is 41.7 Å². The SMILES string of the molecule is O=C(N[C@@H]1CCOC[C@H]1OCc1ccccn1)c1nnc2n1CCCC2. The Morgan fingerprint density at radius 2 is 2.31 bits per heavy atom. The summed E-state index contributed by atoms with van der Waals surface area (Å²) in [5, 5.41) is 11.3. The number of aromatic nitrogens is 4. The van der Waals surface area contributed by atoms with E-state index in [4.69, 9.17) is 9.47 Å². The lowest BCUT2D eigenvalue weighted by molar-refractivity contribution is -0.0744. The summed E-state index contributed by atoms with van der Waals surface area (Å²) in [4.78, 5) is 17.0. The van der Waals surface area contributed by atoms with Crippen LogP contribution in [-0.4, -0.2) is 51.0 Å². The molecule has 0 unspecified atom stereocenters. The molecular weight excluding hydrogens is 334 g/mol. The zero-order chi connectivity index (χ0) is 17.8. The molecule has 0 bridgehead atoms. The van der Waals surface area contributed by atoms with E-state index in [0.29, 0.717) is 32.1 Å². The Hall–Kier alpha value is -2.32. The first-order valence-electron chi connectivity index (χ1n) is 9.13. The van der Waals surface area contributed by atoms with Crippen LogP contribution in [0.4, 0.5) is 0 Å². The average Bonchev–Trinajstić information content (AvgIpc) is 3.12. The summed E-state index contributed by atoms with van der Waals surface area (Å²) in [7, 11) is 0. The number of nitrogens with zero attached hydrogens (tertiary/aromatic N) is 4. The van der Waals surface area contributed by atoms with Crippen molar-refractivity contribution in [3.63, 3.8) is 0 Å². The Kier molecular flexibility index (Phi) is 5.21. The fourth-order valence-electron chi connectivity index (χ4n) is 3.43. The second-order valence-electron chi connectivity index (χ2n) is 6.66. The topological polar surface area (TPSA) is 91.2 Å². The highest BCUT2D eigenvalue weighted by atomic mass is 16.5. The van der Waals surface area contributed by atoms with Gasteiger partial charge < -0.3 is 19.4 Å². The largest absolute Gasteiger partial charge is 0.379 e. The molecule has 8 heteroatoms. The summed E-state index contributed by atoms with van der Waals surface area (Å²) in [6.07, 6.45) is 5.27. The molecule has 1 saturated heterocycles. The molecule has 1 fully saturated rings. The lowest BCUT2D eigenvalue weighted by Gasteiger charge is -2.32. The molecular formula is C18H23N5O3. The van der Waals surface area contributed by atoms with Crippen molar-refractivity contribution in [3.8, 4) is 0 Å². The van der Waals surface area contributed by atoms with E-state index in [2.05, 4.69) is 20.5 Å². The maximum absolute atomic E-state index is 12.7. The van der Waals surface area contributed by atoms with Gasteiger partial charge in [-0.15, -0.1) is 10.2 Å². The van der Waals surface area contributed by atoms with Gasteiger partial charge in [0, 0.05) is 25.8 Å². The van der Waals surface area contributed by atoms with Crippen molar-refractivity contribution in [1.82, 2.24) is 25.1 Å². The van der Waals surface area contributed by atoms with Gasteiger partial charge >= 0.3 is 0 Å². The predicted octanol–water partition coefficient (Wildman–Crippen LogP) is 1.11. The first kappa shape index (κ1) is 17.1. The Labute approximate surface area is 151 Å². The molecule has 0 aliphatic carbocycles. The van der Waals surface area contributed by atoms with E-state index in [1.165, 1.54) is 0 Å². The van der Waals surface area contributed by atoms with Crippen LogP contribution in [0.1, 0.15) is 41.4 Å². The number of carbonyl (C=O) groups is 1. The highest BCUT2D eigenvalue weighted by Crippen LogP contribution is 2.17. The maximum atomic E-state index is 12.7. The summed E-state index contributed by atoms with van der Waals surface area (Å²) < 4.78 is 13.4. The van der Waals surface area contributed by atoms with Crippen LogP contribution < -0.4 is 5.32 Å². The molecule has 1 amide bonds. The maximum Gasteiger partial charge on any atom is 0.289 e. The molecule has 26 heavy (non-hydrogen) atoms. The molecule has 4 rings (SSSR count). The standard InChI is InChI=1S/C18H23N5O3/c24-18(17-22-21-16-6-2-4-9-23(16)17)20-14-7-10-25-12-15(14)26-11-13-5-1-3-8-19-13/h1,3,5,8,14-15H,2,4,6-7,9-12H2,(H,20,24)/t14-,15-/m1/s1. The lowest BCUT2D eigenvalue weighted by atomic mass is 10.1. The van der Waals surface area contributed by atoms with E-state index in [9.17, 15) is 4.79 Å². The van der Waals surface area contributed by atoms with E-state index >= 15 is 0 Å². The van der Waals surface area contributed by atoms with Crippen LogP contribution >= 0.6 is 0 Å². The highest BCUT2D eigenvalue weighted by molar-refractivity contribution is 5.91. The van der Waals surface area contributed by atoms with Gasteiger partial charge in [-0.1, -0.05) is 6.07 Å². The van der Waals surface area contributed by atoms with Crippen molar-refractivity contribution in [2.75, 3.05) is 13.2 Å². The molecule has 2 aliphatic heterocycles. The zero-order valence-electron chi connectivity index (χ0n) is 14.6. The smallest absolute Gasteiger partial charge is 0.289 e. The van der Waals surface area contributed by atoms with E-state index in [1.54, 1.807) is 6.20 Å². The Balaban J connectivity index is 1.40. The summed E-state index contributed by atoms with van der Waals surface area (Å²) in [5.74, 6) is 1.11. The first-order valence-corrected chi connectivity index (χ1v) is 9.13. The monoisotopic (exact) mass is 357 g/mol. The average molecular weight is 357 g/mol. The second-order valence-corrected chi connectivity index (χ2v) is 6.66. The third kappa shape index (κ3) is 3.76. The minimum atomic E-state index is -0.210. The third-order valence-corrected chi connectivity index (χ3v) is 4.85. The molecule has 4 heterocycles. The van der Waals surface area contributed by atoms with Crippen LogP contribution in [0.15, 0.2) is 24.4 Å². The van der Waals surface area contributed by atoms with Gasteiger partial charge in [-0.05, 0) is 31.4 Å². The molecule has 8 nitrogen and oxygen atoms in total. The number of fused-ring (bicyclic) bond motifs is 1. The number of hydrogen-bond donors (Lipinski definition) is 1. The van der Waals surface area contributed by atoms with Gasteiger partial charge in [0.05, 0.1) is 24.9 Å². The van der Waals surface area contributed by atoms with Gasteiger partial charge in [-0.3, -0.25) is 9.78 Å². The quantitative estimate of drug-likeness (QED) is 0.862. The van der Waals surface area contributed by atoms with Crippen molar-refractivity contribution in [2.24, 2.45) is 0 Å². The van der Waals surface area contributed by atoms with Crippen LogP contribution in [0, 0.1) is 0 Å². The zero-order valence-corrected chi connectivity index (χ0v) is 14.6. The third-order valence-electron chi connectivity index (χ3n) is 4.85. The van der Waals surface area contributed by atoms with Gasteiger partial charge in [-0.25, -0.2) is 0 Å². The van der Waals surface area contributed by atoms with Gasteiger partial charge in [0.2, 0.25) is 5.82 Å². The van der Waals surface area contributed by atoms with Crippen molar-refractivity contribution in [1.29, 1.82) is 0 Å². The number of hydrogen-bond acceptors (Lipinski definition) is 6. The van der Waals surface area contributed by atoms with Crippen LogP contribution in [0.25, 0.3) is 0 Å². The number of pyridine rings is 1. The predicted molar refractivity (Wildman–Crippen MR) is 92.5 cm³/mol. The Morgan fingerprint density at radius 1 is 1.35 bits per heavy atom. The fourth-order valence-corrected chi connectivity index (χ4v) is 3.43. The Morgan fingerprint density at radius 3 is 3.19 bits per heavy atom. The van der Waals surface area contributed by atoms with Crippen LogP contribution in [0.3, 0.4) is 0 Å². The highest BCUT2D eigenvalue weighted by Gasteiger charge is 2.30. The molecule has 0 saturated carbocycles. The molecule has 2 atom stereocenters. The van der Waals surface area contributed by atoms with Crippen LogP contribution in [-0.2, 0) is 29.0 Å². The molecule has 2 aliphatic rings. The van der Waals surface area contributed by atoms with Gasteiger partial charge in [0.1, 0.15) is 11.9 Å². The molecule has 138 valence electrons. The lowest BCUT2D eigenvalue weighted by Crippen LogP contribution is -2.50. The van der Waals surface area contributed by atoms with Crippen molar-refractivity contribution < 1.29 is 14.3 Å². The summed E-state index contributed by atoms with van der Waals surface area (Å²) in [6, 6.07) is 5.60. The van der Waals surface area contributed by atoms with Crippen molar-refractivity contribution >= 4 is 5.91 Å². The summed E-state index contributed by atoms with van der Waals surface area (Å²) >= 11 is 0. The van der Waals surface area contributed by atoms with Crippen molar-refractivity contribution in [2.45, 2.75) is 51.0 Å². The number of nitrogens with one attached hydrogen (secondary N) is 1. The van der Waals surface area contributed by atoms with Gasteiger partial charge in [0.15, 0.2) is 0 Å². The number of amides is 1. The first-order chi connectivity index (χ1) is 12.8. The van der Waals surface area contributed by atoms with E-state index < -0.39 is 0 Å². The van der Waals surface area contributed by atoms with Crippen LogP contribution in [0.2, 0.25) is 0 Å². The molecule has 0 radical (unpaired) electrons. The Bertz CT molecular complexity index is 749. The molecule has 0 spiro atoms. The van der Waals surface area contributed by atoms with Crippen LogP contribution in [0.5, 0.6) is 0 Å². The number of rotatable bonds is 5. The molecule has 0 aromatic carbocycles. The van der Waals surface area contributed by atoms with Gasteiger partial charge in [-0.2, -0.15) is 0 Å². The van der Waals surface area contributed by atoms with E-state index in [-0.39, 0.29) is 18.1 Å². The second kappa shape index (κ2) is 7.92. The number of carbonyl (C=O) groups excluding carboxylic acids is 1. The number of aryl methyl sites for hydroxylation is 1. The van der Waals surface area contributed by atoms with E-state index in [0.717, 1.165) is 37.3 Å². The molecule has 2 aromatic rings. The number of ether oxygens (including phenoxy) is 2. The normalized spacial score (nSPS) is 22.6. The molecule has 1 N–H and O–H groups in total. The summed E-state index contributed by atoms with van der Waals surface area (Å²) in [6.45, 7) is 2.25. The molecule has 2 aromatic heterocycles. The minimum Gasteiger partial charge on any atom is -0.379 e. The minimum absolute atomic E-state index is 0.114. The van der Waals surface area contributed by atoms with E-state index in [1.807, 2.05) is 22.8 Å². The van der Waals surface area contributed by atoms with Gasteiger partial charge in [0.25, 0.3) is 5.91 Å².